The first kappa shape index (κ1) is 22.8. The Morgan fingerprint density at radius 2 is 2.11 bits per heavy atom. The maximum absolute atomic E-state index is 10.1. The van der Waals surface area contributed by atoms with Gasteiger partial charge >= 0.3 is 122 Å². The molecule has 156 valence electrons. The summed E-state index contributed by atoms with van der Waals surface area (Å²) in [6.07, 6.45) is 2.13. The number of aliphatic hydroxyl groups excluding tert-OH is 2. The number of hydrogen-bond donors (Lipinski definition) is 5. The van der Waals surface area contributed by atoms with Crippen molar-refractivity contribution in [2.24, 2.45) is 5.73 Å². The average molecular weight is 479 g/mol. The van der Waals surface area contributed by atoms with Gasteiger partial charge in [-0.05, 0) is 18.4 Å². The molecule has 0 radical (unpaired) electrons. The van der Waals surface area contributed by atoms with E-state index in [9.17, 15) is 15.0 Å². The summed E-state index contributed by atoms with van der Waals surface area (Å²) in [5.74, 6) is 0.164. The molecule has 11 nitrogen and oxygen atoms in total. The number of ether oxygens (including phenoxy) is 1. The van der Waals surface area contributed by atoms with Gasteiger partial charge < -0.3 is 10.8 Å². The molecule has 3 rings (SSSR count). The molecule has 0 aromatic carbocycles. The molecule has 1 fully saturated rings. The molecule has 28 heavy (non-hydrogen) atoms. The zero-order chi connectivity index (χ0) is 20.8. The van der Waals surface area contributed by atoms with Crippen molar-refractivity contribution in [1.82, 2.24) is 19.5 Å². The van der Waals surface area contributed by atoms with Gasteiger partial charge in [-0.25, -0.2) is 0 Å². The topological polar surface area (TPSA) is 183 Å². The van der Waals surface area contributed by atoms with Crippen LogP contribution in [-0.4, -0.2) is 93.2 Å². The predicted octanol–water partition coefficient (Wildman–Crippen LogP) is -1.50. The Hall–Kier alpha value is -1.47. The van der Waals surface area contributed by atoms with Gasteiger partial charge in [0.25, 0.3) is 0 Å². The second kappa shape index (κ2) is 10.3. The van der Waals surface area contributed by atoms with Crippen LogP contribution in [0.1, 0.15) is 12.6 Å². The van der Waals surface area contributed by atoms with Gasteiger partial charge in [-0.15, -0.1) is 0 Å². The van der Waals surface area contributed by atoms with E-state index in [4.69, 9.17) is 21.3 Å². The number of anilines is 1. The number of aromatic nitrogens is 4. The summed E-state index contributed by atoms with van der Waals surface area (Å²) >= 11 is 3.94. The number of thioether (sulfide) groups is 1. The first-order valence-electron chi connectivity index (χ1n) is 8.34. The van der Waals surface area contributed by atoms with Crippen LogP contribution in [0.2, 0.25) is 5.32 Å². The standard InChI is InChI=1S/C10H13N5O3Se.C5H11NO2S/c11-8-5-9(13-2-12-8)15(3-14-5)10-7(17)6(16)4(1-19)18-10;1-9-3-2-4(6)5(7)8/h2-4,6-7,10,16-17,19H,1H2,(H2,11,12,13);4H,2-3,6H2,1H3,(H,7,8)/t4-,6-,7-,10-;/m1./s1. The Balaban J connectivity index is 0.000000266. The first-order valence-corrected chi connectivity index (χ1v) is 11.1. The number of hydrogen-bond acceptors (Lipinski definition) is 10. The van der Waals surface area contributed by atoms with Gasteiger partial charge in [0.15, 0.2) is 0 Å². The Bertz CT molecular complexity index is 795. The number of carbonyl (C=O) groups is 1. The van der Waals surface area contributed by atoms with E-state index in [0.717, 1.165) is 5.75 Å². The first-order chi connectivity index (χ1) is 13.3. The van der Waals surface area contributed by atoms with E-state index in [1.165, 1.54) is 12.7 Å². The molecule has 7 N–H and O–H groups in total. The molecule has 0 amide bonds. The normalized spacial score (nSPS) is 25.3. The van der Waals surface area contributed by atoms with Crippen LogP contribution in [0.5, 0.6) is 0 Å². The molecule has 0 aliphatic carbocycles. The summed E-state index contributed by atoms with van der Waals surface area (Å²) in [5.41, 5.74) is 11.8. The van der Waals surface area contributed by atoms with E-state index in [2.05, 4.69) is 31.0 Å². The number of aliphatic hydroxyl groups is 2. The summed E-state index contributed by atoms with van der Waals surface area (Å²) in [6, 6.07) is -0.683. The minimum absolute atomic E-state index is 0.264. The van der Waals surface area contributed by atoms with Crippen LogP contribution in [0.3, 0.4) is 0 Å². The fraction of sp³-hybridized carbons (Fsp3) is 0.600. The summed E-state index contributed by atoms with van der Waals surface area (Å²) in [6.45, 7) is 0. The zero-order valence-electron chi connectivity index (χ0n) is 15.1. The number of nitrogen functional groups attached to an aromatic ring is 1. The number of nitrogens with two attached hydrogens (primary N) is 2. The molecule has 1 saturated heterocycles. The van der Waals surface area contributed by atoms with Crippen molar-refractivity contribution < 1.29 is 24.9 Å². The van der Waals surface area contributed by atoms with Gasteiger partial charge in [-0.1, -0.05) is 0 Å². The van der Waals surface area contributed by atoms with Crippen LogP contribution < -0.4 is 11.5 Å². The number of aliphatic carboxylic acids is 1. The third-order valence-electron chi connectivity index (χ3n) is 4.13. The second-order valence-corrected chi connectivity index (χ2v) is 7.79. The van der Waals surface area contributed by atoms with Crippen molar-refractivity contribution in [3.8, 4) is 0 Å². The van der Waals surface area contributed by atoms with Crippen LogP contribution in [0.15, 0.2) is 12.7 Å². The van der Waals surface area contributed by atoms with Gasteiger partial charge in [0.2, 0.25) is 0 Å². The molecule has 0 spiro atoms. The molecular weight excluding hydrogens is 455 g/mol. The minimum atomic E-state index is -1.04. The van der Waals surface area contributed by atoms with Gasteiger partial charge in [0.1, 0.15) is 6.04 Å². The van der Waals surface area contributed by atoms with Crippen LogP contribution in [0, 0.1) is 0 Å². The fourth-order valence-corrected chi connectivity index (χ4v) is 3.66. The quantitative estimate of drug-likeness (QED) is 0.304. The number of fused-ring (bicyclic) bond motifs is 1. The van der Waals surface area contributed by atoms with Gasteiger partial charge in [-0.3, -0.25) is 4.79 Å². The summed E-state index contributed by atoms with van der Waals surface area (Å²) < 4.78 is 7.19. The molecule has 0 saturated carbocycles. The fourth-order valence-electron chi connectivity index (χ4n) is 2.53. The molecule has 2 aromatic rings. The molecule has 13 heteroatoms. The summed E-state index contributed by atoms with van der Waals surface area (Å²) in [5, 5.41) is 28.8. The molecule has 1 aliphatic heterocycles. The van der Waals surface area contributed by atoms with E-state index in [-0.39, 0.29) is 5.82 Å². The van der Waals surface area contributed by atoms with Crippen LogP contribution >= 0.6 is 11.8 Å². The Morgan fingerprint density at radius 3 is 2.68 bits per heavy atom. The number of carboxylic acids is 1. The second-order valence-electron chi connectivity index (χ2n) is 6.04. The van der Waals surface area contributed by atoms with Gasteiger partial charge in [-0.2, -0.15) is 11.8 Å². The molecular formula is C15H24N6O5SSe. The number of rotatable bonds is 6. The Labute approximate surface area is 173 Å². The van der Waals surface area contributed by atoms with Crippen molar-refractivity contribution in [3.05, 3.63) is 12.7 Å². The molecule has 1 aliphatic rings. The van der Waals surface area contributed by atoms with Gasteiger partial charge in [0.05, 0.1) is 0 Å². The van der Waals surface area contributed by atoms with Crippen molar-refractivity contribution in [2.75, 3.05) is 17.7 Å². The van der Waals surface area contributed by atoms with Crippen molar-refractivity contribution in [3.63, 3.8) is 0 Å². The van der Waals surface area contributed by atoms with Crippen molar-refractivity contribution >= 4 is 50.7 Å². The zero-order valence-corrected chi connectivity index (χ0v) is 17.8. The summed E-state index contributed by atoms with van der Waals surface area (Å²) in [7, 11) is 0. The van der Waals surface area contributed by atoms with E-state index in [1.807, 2.05) is 6.26 Å². The van der Waals surface area contributed by atoms with Crippen LogP contribution in [0.25, 0.3) is 11.2 Å². The molecule has 5 atom stereocenters. The molecule has 3 heterocycles. The van der Waals surface area contributed by atoms with E-state index < -0.39 is 36.6 Å². The van der Waals surface area contributed by atoms with Crippen LogP contribution in [0.4, 0.5) is 5.82 Å². The maximum atomic E-state index is 10.1. The van der Waals surface area contributed by atoms with Gasteiger partial charge in [0, 0.05) is 0 Å². The van der Waals surface area contributed by atoms with E-state index >= 15 is 0 Å². The number of nitrogens with zero attached hydrogens (tertiary/aromatic N) is 4. The molecule has 0 bridgehead atoms. The number of carboxylic acid groups (broad SMARTS) is 1. The van der Waals surface area contributed by atoms with Crippen molar-refractivity contribution in [1.29, 1.82) is 0 Å². The van der Waals surface area contributed by atoms with Crippen LogP contribution in [-0.2, 0) is 9.53 Å². The molecule has 1 unspecified atom stereocenters. The predicted molar refractivity (Wildman–Crippen MR) is 106 cm³/mol. The Morgan fingerprint density at radius 1 is 1.39 bits per heavy atom. The van der Waals surface area contributed by atoms with E-state index in [0.29, 0.717) is 22.9 Å². The average Bonchev–Trinajstić information content (AvgIpc) is 3.23. The Kier molecular flexibility index (Phi) is 8.43. The SMILES string of the molecule is CSCCC(N)C(=O)O.Nc1ncnc2c1ncn2[C@@H]1O[C@H](C[SeH])[C@@H](O)[C@H]1O. The number of imidazole rings is 1. The third kappa shape index (κ3) is 5.11. The monoisotopic (exact) mass is 480 g/mol. The third-order valence-corrected chi connectivity index (χ3v) is 5.53. The van der Waals surface area contributed by atoms with E-state index in [1.54, 1.807) is 16.3 Å². The van der Waals surface area contributed by atoms with Crippen molar-refractivity contribution in [2.45, 2.75) is 42.3 Å². The summed E-state index contributed by atoms with van der Waals surface area (Å²) in [4.78, 5) is 22.1. The molecule has 2 aromatic heterocycles.